The molecule has 2 aromatic heterocycles. The first kappa shape index (κ1) is 24.2. The number of methoxy groups -OCH3 is 2. The van der Waals surface area contributed by atoms with Crippen molar-refractivity contribution < 1.29 is 62.2 Å². The van der Waals surface area contributed by atoms with Gasteiger partial charge in [0.25, 0.3) is 0 Å². The minimum atomic E-state index is -2.93. The van der Waals surface area contributed by atoms with E-state index in [2.05, 4.69) is 19.7 Å². The number of hydrogen-bond acceptors (Lipinski definition) is 6. The summed E-state index contributed by atoms with van der Waals surface area (Å²) >= 11 is 0. The Balaban J connectivity index is 0.00000196. The minimum absolute atomic E-state index is 0. The first-order chi connectivity index (χ1) is 12.5. The number of benzene rings is 1. The van der Waals surface area contributed by atoms with Gasteiger partial charge in [0.15, 0.2) is 11.5 Å². The predicted octanol–water partition coefficient (Wildman–Crippen LogP) is -1.31. The fourth-order valence-corrected chi connectivity index (χ4v) is 3.32. The molecule has 0 radical (unpaired) electrons. The summed E-state index contributed by atoms with van der Waals surface area (Å²) in [5, 5.41) is 0.0702. The third kappa shape index (κ3) is 5.39. The molecule has 0 aliphatic rings. The van der Waals surface area contributed by atoms with Crippen molar-refractivity contribution in [2.45, 2.75) is 17.5 Å². The molecule has 146 valence electrons. The van der Waals surface area contributed by atoms with Crippen LogP contribution >= 0.6 is 0 Å². The fraction of sp³-hybridized carbons (Fsp3) is 0.250. The van der Waals surface area contributed by atoms with Crippen LogP contribution in [0.15, 0.2) is 35.6 Å². The van der Waals surface area contributed by atoms with Gasteiger partial charge in [0.2, 0.25) is 0 Å². The summed E-state index contributed by atoms with van der Waals surface area (Å²) in [6.45, 7) is -2.93. The van der Waals surface area contributed by atoms with E-state index >= 15 is 0 Å². The quantitative estimate of drug-likeness (QED) is 0.434. The van der Waals surface area contributed by atoms with Crippen molar-refractivity contribution in [1.82, 2.24) is 15.0 Å². The summed E-state index contributed by atoms with van der Waals surface area (Å²) in [5.41, 5.74) is 1.18. The van der Waals surface area contributed by atoms with E-state index in [9.17, 15) is 13.0 Å². The molecular weight excluding hydrogens is 407 g/mol. The summed E-state index contributed by atoms with van der Waals surface area (Å²) in [6, 6.07) is 5.77. The van der Waals surface area contributed by atoms with Gasteiger partial charge in [-0.25, -0.2) is 0 Å². The number of ether oxygens (including phenoxy) is 3. The molecule has 0 saturated carbocycles. The molecule has 0 bridgehead atoms. The number of nitrogens with zero attached hydrogens (tertiary/aromatic N) is 3. The van der Waals surface area contributed by atoms with E-state index in [1.165, 1.54) is 38.6 Å². The Bertz CT molecular complexity index is 957. The van der Waals surface area contributed by atoms with Gasteiger partial charge in [-0.15, -0.1) is 0 Å². The molecule has 0 aliphatic heterocycles. The van der Waals surface area contributed by atoms with Crippen LogP contribution in [-0.2, 0) is 16.6 Å². The van der Waals surface area contributed by atoms with Gasteiger partial charge in [-0.05, 0) is 23.2 Å². The van der Waals surface area contributed by atoms with Crippen LogP contribution in [0.1, 0.15) is 5.69 Å². The fourth-order valence-electron chi connectivity index (χ4n) is 2.34. The van der Waals surface area contributed by atoms with Gasteiger partial charge in [-0.1, -0.05) is 6.07 Å². The number of alkyl halides is 2. The molecule has 2 heterocycles. The van der Waals surface area contributed by atoms with Crippen LogP contribution in [0.5, 0.6) is 17.2 Å². The first-order valence-corrected chi connectivity index (χ1v) is 8.67. The van der Waals surface area contributed by atoms with Crippen LogP contribution in [0.3, 0.4) is 0 Å². The number of imidazole rings is 1. The summed E-state index contributed by atoms with van der Waals surface area (Å²) in [4.78, 5) is 12.5. The number of halogens is 2. The summed E-state index contributed by atoms with van der Waals surface area (Å²) in [5.74, 6) is 0.821. The minimum Gasteiger partial charge on any atom is -0.493 e. The Morgan fingerprint density at radius 2 is 1.96 bits per heavy atom. The van der Waals surface area contributed by atoms with Gasteiger partial charge in [-0.3, -0.25) is 9.19 Å². The van der Waals surface area contributed by atoms with Gasteiger partial charge < -0.3 is 29.7 Å². The predicted molar refractivity (Wildman–Crippen MR) is 92.8 cm³/mol. The second-order valence-corrected chi connectivity index (χ2v) is 6.36. The maximum absolute atomic E-state index is 12.6. The van der Waals surface area contributed by atoms with Crippen molar-refractivity contribution in [3.8, 4) is 17.2 Å². The van der Waals surface area contributed by atoms with Gasteiger partial charge in [0.05, 0.1) is 36.5 Å². The van der Waals surface area contributed by atoms with E-state index in [0.717, 1.165) is 0 Å². The van der Waals surface area contributed by atoms with Gasteiger partial charge in [-0.2, -0.15) is 8.78 Å². The number of fused-ring (bicyclic) bond motifs is 1. The van der Waals surface area contributed by atoms with Gasteiger partial charge >= 0.3 is 36.2 Å². The van der Waals surface area contributed by atoms with E-state index in [4.69, 9.17) is 9.47 Å². The van der Waals surface area contributed by atoms with Crippen LogP contribution in [0.25, 0.3) is 11.0 Å². The molecule has 0 unspecified atom stereocenters. The zero-order chi connectivity index (χ0) is 18.7. The van der Waals surface area contributed by atoms with Crippen LogP contribution in [0.2, 0.25) is 0 Å². The summed E-state index contributed by atoms with van der Waals surface area (Å²) in [6.07, 6.45) is 1.52. The average molecular weight is 423 g/mol. The number of pyridine rings is 1. The molecule has 1 aromatic carbocycles. The molecule has 8 nitrogen and oxygen atoms in total. The van der Waals surface area contributed by atoms with Gasteiger partial charge in [0, 0.05) is 17.4 Å². The van der Waals surface area contributed by atoms with E-state index in [1.54, 1.807) is 6.07 Å². The molecule has 0 aliphatic carbocycles. The largest absolute Gasteiger partial charge is 1.00 e. The Kier molecular flexibility index (Phi) is 9.24. The van der Waals surface area contributed by atoms with Crippen molar-refractivity contribution in [2.75, 3.05) is 14.2 Å². The second-order valence-electron chi connectivity index (χ2n) is 5.02. The van der Waals surface area contributed by atoms with E-state index in [-0.39, 0.29) is 51.7 Å². The van der Waals surface area contributed by atoms with Crippen LogP contribution < -0.4 is 48.8 Å². The number of rotatable bonds is 7. The van der Waals surface area contributed by atoms with Gasteiger partial charge in [0.1, 0.15) is 5.75 Å². The third-order valence-electron chi connectivity index (χ3n) is 3.44. The molecule has 2 N–H and O–H groups in total. The zero-order valence-electron chi connectivity index (χ0n) is 15.3. The maximum atomic E-state index is 12.6. The Morgan fingerprint density at radius 3 is 2.61 bits per heavy atom. The average Bonchev–Trinajstić information content (AvgIpc) is 3.04. The topological polar surface area (TPSA) is 116 Å². The van der Waals surface area contributed by atoms with E-state index in [1.807, 2.05) is 0 Å². The molecule has 0 spiro atoms. The van der Waals surface area contributed by atoms with E-state index < -0.39 is 17.4 Å². The molecule has 0 fully saturated rings. The molecule has 12 heteroatoms. The molecule has 28 heavy (non-hydrogen) atoms. The van der Waals surface area contributed by atoms with Crippen molar-refractivity contribution in [3.63, 3.8) is 0 Å². The Morgan fingerprint density at radius 1 is 1.21 bits per heavy atom. The van der Waals surface area contributed by atoms with Crippen LogP contribution in [-0.4, -0.2) is 40.5 Å². The second kappa shape index (κ2) is 10.7. The Hall–Kier alpha value is -1.79. The number of aromatic nitrogens is 3. The molecule has 0 amide bonds. The summed E-state index contributed by atoms with van der Waals surface area (Å²) < 4.78 is 52.0. The molecular formula is C16H16F2N3NaO5S. The Labute approximate surface area is 183 Å². The zero-order valence-corrected chi connectivity index (χ0v) is 18.1. The van der Waals surface area contributed by atoms with Crippen molar-refractivity contribution >= 4 is 21.8 Å². The third-order valence-corrected chi connectivity index (χ3v) is 4.57. The SMILES string of the molecule is COc1ccnc(C[S@](=O)c2nc3ccc(OC(F)F)cc3[n-]2)c1OC.O.[Na+]. The molecule has 3 aromatic rings. The van der Waals surface area contributed by atoms with Crippen molar-refractivity contribution in [2.24, 2.45) is 0 Å². The van der Waals surface area contributed by atoms with Crippen LogP contribution in [0.4, 0.5) is 8.78 Å². The smallest absolute Gasteiger partial charge is 0.493 e. The molecule has 0 saturated heterocycles. The number of hydrogen-bond donors (Lipinski definition) is 0. The van der Waals surface area contributed by atoms with E-state index in [0.29, 0.717) is 28.2 Å². The van der Waals surface area contributed by atoms with Crippen molar-refractivity contribution in [3.05, 3.63) is 36.2 Å². The normalized spacial score (nSPS) is 11.5. The first-order valence-electron chi connectivity index (χ1n) is 7.35. The van der Waals surface area contributed by atoms with Crippen LogP contribution in [0, 0.1) is 0 Å². The van der Waals surface area contributed by atoms with Crippen molar-refractivity contribution in [1.29, 1.82) is 0 Å². The standard InChI is InChI=1S/C16H14F2N3O4S.Na.H2O/c1-23-13-5-6-19-12(14(13)24-2)8-26(22)16-20-10-4-3-9(25-15(17)18)7-11(10)21-16;;/h3-7,15H,8H2,1-2H3;;1H2/q-1;+1;/t26-;;/m0../s1. The maximum Gasteiger partial charge on any atom is 1.00 e. The molecule has 3 rings (SSSR count). The summed E-state index contributed by atoms with van der Waals surface area (Å²) in [7, 11) is 1.34. The molecule has 1 atom stereocenters. The monoisotopic (exact) mass is 423 g/mol.